The van der Waals surface area contributed by atoms with E-state index in [2.05, 4.69) is 0 Å². The van der Waals surface area contributed by atoms with Crippen molar-refractivity contribution in [2.24, 2.45) is 0 Å². The molecule has 0 bridgehead atoms. The molecule has 5 nitrogen and oxygen atoms in total. The topological polar surface area (TPSA) is 69.7 Å². The van der Waals surface area contributed by atoms with Crippen molar-refractivity contribution in [1.29, 1.82) is 0 Å². The SMILES string of the molecule is CCOc1cc(C=O)cc(OCC)c1S(C)(=O)=O. The summed E-state index contributed by atoms with van der Waals surface area (Å²) in [4.78, 5) is 10.8. The highest BCUT2D eigenvalue weighted by molar-refractivity contribution is 7.91. The largest absolute Gasteiger partial charge is 0.492 e. The fraction of sp³-hybridized carbons (Fsp3) is 0.417. The van der Waals surface area contributed by atoms with Gasteiger partial charge in [-0.25, -0.2) is 8.42 Å². The zero-order chi connectivity index (χ0) is 13.8. The molecule has 0 aromatic heterocycles. The van der Waals surface area contributed by atoms with Crippen LogP contribution in [0.2, 0.25) is 0 Å². The van der Waals surface area contributed by atoms with E-state index in [4.69, 9.17) is 9.47 Å². The average molecular weight is 272 g/mol. The van der Waals surface area contributed by atoms with Gasteiger partial charge in [0.15, 0.2) is 14.7 Å². The van der Waals surface area contributed by atoms with Gasteiger partial charge in [-0.2, -0.15) is 0 Å². The molecule has 6 heteroatoms. The molecule has 0 spiro atoms. The van der Waals surface area contributed by atoms with Crippen molar-refractivity contribution in [3.8, 4) is 11.5 Å². The van der Waals surface area contributed by atoms with Crippen molar-refractivity contribution in [3.63, 3.8) is 0 Å². The Bertz CT molecular complexity index is 506. The lowest BCUT2D eigenvalue weighted by Crippen LogP contribution is -2.07. The Hall–Kier alpha value is -1.56. The molecule has 0 unspecified atom stereocenters. The lowest BCUT2D eigenvalue weighted by atomic mass is 10.2. The summed E-state index contributed by atoms with van der Waals surface area (Å²) in [6.45, 7) is 4.08. The second-order valence-electron chi connectivity index (χ2n) is 3.60. The van der Waals surface area contributed by atoms with E-state index >= 15 is 0 Å². The number of sulfone groups is 1. The van der Waals surface area contributed by atoms with Crippen molar-refractivity contribution in [3.05, 3.63) is 17.7 Å². The Kier molecular flexibility index (Phi) is 4.72. The van der Waals surface area contributed by atoms with Gasteiger partial charge in [-0.05, 0) is 26.0 Å². The Labute approximate surface area is 107 Å². The molecule has 0 saturated heterocycles. The van der Waals surface area contributed by atoms with Gasteiger partial charge >= 0.3 is 0 Å². The van der Waals surface area contributed by atoms with Crippen molar-refractivity contribution in [2.75, 3.05) is 19.5 Å². The molecular formula is C12H16O5S. The van der Waals surface area contributed by atoms with Crippen LogP contribution in [0.4, 0.5) is 0 Å². The lowest BCUT2D eigenvalue weighted by molar-refractivity contribution is 0.112. The van der Waals surface area contributed by atoms with Crippen LogP contribution >= 0.6 is 0 Å². The maximum absolute atomic E-state index is 11.8. The molecule has 0 saturated carbocycles. The quantitative estimate of drug-likeness (QED) is 0.737. The predicted octanol–water partition coefficient (Wildman–Crippen LogP) is 1.70. The van der Waals surface area contributed by atoms with Crippen LogP contribution in [0.15, 0.2) is 17.0 Å². The highest BCUT2D eigenvalue weighted by Crippen LogP contribution is 2.34. The third-order valence-electron chi connectivity index (χ3n) is 2.15. The Morgan fingerprint density at radius 2 is 1.56 bits per heavy atom. The minimum atomic E-state index is -3.50. The smallest absolute Gasteiger partial charge is 0.182 e. The van der Waals surface area contributed by atoms with Gasteiger partial charge in [0.25, 0.3) is 0 Å². The summed E-state index contributed by atoms with van der Waals surface area (Å²) >= 11 is 0. The standard InChI is InChI=1S/C12H16O5S/c1-4-16-10-6-9(8-13)7-11(17-5-2)12(10)18(3,14)15/h6-8H,4-5H2,1-3H3. The van der Waals surface area contributed by atoms with E-state index in [1.807, 2.05) is 0 Å². The van der Waals surface area contributed by atoms with Gasteiger partial charge in [0, 0.05) is 11.8 Å². The van der Waals surface area contributed by atoms with Crippen LogP contribution < -0.4 is 9.47 Å². The molecule has 0 heterocycles. The average Bonchev–Trinajstić information content (AvgIpc) is 2.27. The molecule has 1 rings (SSSR count). The van der Waals surface area contributed by atoms with Gasteiger partial charge < -0.3 is 9.47 Å². The van der Waals surface area contributed by atoms with Gasteiger partial charge in [0.2, 0.25) is 0 Å². The summed E-state index contributed by atoms with van der Waals surface area (Å²) < 4.78 is 34.1. The fourth-order valence-electron chi connectivity index (χ4n) is 1.56. The van der Waals surface area contributed by atoms with Crippen LogP contribution in [-0.4, -0.2) is 34.2 Å². The summed E-state index contributed by atoms with van der Waals surface area (Å²) in [6.07, 6.45) is 1.70. The maximum atomic E-state index is 11.8. The van der Waals surface area contributed by atoms with Crippen LogP contribution in [0, 0.1) is 0 Å². The van der Waals surface area contributed by atoms with E-state index in [9.17, 15) is 13.2 Å². The van der Waals surface area contributed by atoms with E-state index in [0.717, 1.165) is 6.26 Å². The molecule has 0 radical (unpaired) electrons. The highest BCUT2D eigenvalue weighted by Gasteiger charge is 2.22. The van der Waals surface area contributed by atoms with Crippen LogP contribution in [-0.2, 0) is 9.84 Å². The van der Waals surface area contributed by atoms with Crippen molar-refractivity contribution < 1.29 is 22.7 Å². The summed E-state index contributed by atoms with van der Waals surface area (Å²) in [6, 6.07) is 2.80. The van der Waals surface area contributed by atoms with Crippen molar-refractivity contribution in [1.82, 2.24) is 0 Å². The molecule has 1 aromatic rings. The van der Waals surface area contributed by atoms with Crippen LogP contribution in [0.25, 0.3) is 0 Å². The second-order valence-corrected chi connectivity index (χ2v) is 5.55. The highest BCUT2D eigenvalue weighted by atomic mass is 32.2. The Balaban J connectivity index is 3.54. The molecule has 0 aliphatic rings. The lowest BCUT2D eigenvalue weighted by Gasteiger charge is -2.14. The normalized spacial score (nSPS) is 11.1. The minimum absolute atomic E-state index is 0.0169. The summed E-state index contributed by atoms with van der Waals surface area (Å²) in [7, 11) is -3.50. The monoisotopic (exact) mass is 272 g/mol. The molecule has 0 aliphatic heterocycles. The number of benzene rings is 1. The van der Waals surface area contributed by atoms with E-state index in [1.165, 1.54) is 12.1 Å². The third-order valence-corrected chi connectivity index (χ3v) is 3.29. The van der Waals surface area contributed by atoms with Gasteiger partial charge in [-0.3, -0.25) is 4.79 Å². The molecule has 100 valence electrons. The molecular weight excluding hydrogens is 256 g/mol. The van der Waals surface area contributed by atoms with Crippen molar-refractivity contribution in [2.45, 2.75) is 18.7 Å². The zero-order valence-corrected chi connectivity index (χ0v) is 11.4. The first-order chi connectivity index (χ1) is 8.43. The van der Waals surface area contributed by atoms with Gasteiger partial charge in [0.1, 0.15) is 17.8 Å². The first-order valence-electron chi connectivity index (χ1n) is 5.52. The van der Waals surface area contributed by atoms with Gasteiger partial charge in [-0.1, -0.05) is 0 Å². The summed E-state index contributed by atoms with van der Waals surface area (Å²) in [5.74, 6) is 0.293. The maximum Gasteiger partial charge on any atom is 0.182 e. The number of aldehydes is 1. The predicted molar refractivity (Wildman–Crippen MR) is 67.3 cm³/mol. The molecule has 0 fully saturated rings. The number of ether oxygens (including phenoxy) is 2. The molecule has 18 heavy (non-hydrogen) atoms. The summed E-state index contributed by atoms with van der Waals surface area (Å²) in [5, 5.41) is 0. The molecule has 1 aromatic carbocycles. The molecule has 0 atom stereocenters. The van der Waals surface area contributed by atoms with Crippen LogP contribution in [0.3, 0.4) is 0 Å². The number of hydrogen-bond acceptors (Lipinski definition) is 5. The van der Waals surface area contributed by atoms with Crippen LogP contribution in [0.5, 0.6) is 11.5 Å². The molecule has 0 amide bonds. The van der Waals surface area contributed by atoms with E-state index in [-0.39, 0.29) is 16.4 Å². The molecule has 0 N–H and O–H groups in total. The fourth-order valence-corrected chi connectivity index (χ4v) is 2.52. The van der Waals surface area contributed by atoms with Crippen LogP contribution in [0.1, 0.15) is 24.2 Å². The minimum Gasteiger partial charge on any atom is -0.492 e. The number of hydrogen-bond donors (Lipinski definition) is 0. The first kappa shape index (κ1) is 14.5. The Morgan fingerprint density at radius 3 is 1.83 bits per heavy atom. The molecule has 0 aliphatic carbocycles. The van der Waals surface area contributed by atoms with E-state index in [0.29, 0.717) is 25.1 Å². The number of carbonyl (C=O) groups is 1. The number of carbonyl (C=O) groups excluding carboxylic acids is 1. The second kappa shape index (κ2) is 5.86. The van der Waals surface area contributed by atoms with Crippen molar-refractivity contribution >= 4 is 16.1 Å². The summed E-state index contributed by atoms with van der Waals surface area (Å²) in [5.41, 5.74) is 0.314. The van der Waals surface area contributed by atoms with Gasteiger partial charge in [0.05, 0.1) is 13.2 Å². The number of rotatable bonds is 6. The Morgan fingerprint density at radius 1 is 1.11 bits per heavy atom. The third kappa shape index (κ3) is 3.22. The van der Waals surface area contributed by atoms with E-state index < -0.39 is 9.84 Å². The van der Waals surface area contributed by atoms with Gasteiger partial charge in [-0.15, -0.1) is 0 Å². The van der Waals surface area contributed by atoms with E-state index in [1.54, 1.807) is 13.8 Å². The first-order valence-corrected chi connectivity index (χ1v) is 7.42. The zero-order valence-electron chi connectivity index (χ0n) is 10.6.